The first-order chi connectivity index (χ1) is 18.0. The second-order valence-electron chi connectivity index (χ2n) is 8.28. The van der Waals surface area contributed by atoms with Gasteiger partial charge in [0.15, 0.2) is 17.8 Å². The molecule has 4 aromatic rings. The number of aliphatic hydroxyl groups excluding tert-OH is 2. The van der Waals surface area contributed by atoms with Crippen LogP contribution in [0, 0.1) is 0 Å². The van der Waals surface area contributed by atoms with Crippen LogP contribution in [0.15, 0.2) is 53.3 Å². The summed E-state index contributed by atoms with van der Waals surface area (Å²) in [4.78, 5) is 19.3. The van der Waals surface area contributed by atoms with Crippen LogP contribution >= 0.6 is 23.2 Å². The van der Waals surface area contributed by atoms with Gasteiger partial charge in [-0.25, -0.2) is 9.48 Å². The number of anilines is 1. The maximum absolute atomic E-state index is 13.2. The van der Waals surface area contributed by atoms with Crippen LogP contribution in [-0.4, -0.2) is 71.8 Å². The quantitative estimate of drug-likeness (QED) is 0.317. The first-order valence-electron chi connectivity index (χ1n) is 11.2. The van der Waals surface area contributed by atoms with Crippen molar-refractivity contribution in [1.82, 2.24) is 29.1 Å². The third-order valence-corrected chi connectivity index (χ3v) is 6.11. The predicted octanol–water partition coefficient (Wildman–Crippen LogP) is 3.00. The van der Waals surface area contributed by atoms with E-state index >= 15 is 0 Å². The third kappa shape index (κ3) is 5.85. The van der Waals surface area contributed by atoms with Crippen LogP contribution < -0.4 is 10.6 Å². The Bertz CT molecular complexity index is 1470. The molecule has 1 atom stereocenters. The lowest BCUT2D eigenvalue weighted by Crippen LogP contribution is -2.37. The minimum Gasteiger partial charge on any atom is -0.395 e. The van der Waals surface area contributed by atoms with Crippen molar-refractivity contribution in [2.45, 2.75) is 25.4 Å². The molecule has 0 unspecified atom stereocenters. The van der Waals surface area contributed by atoms with Gasteiger partial charge < -0.3 is 15.1 Å². The molecule has 2 aromatic heterocycles. The summed E-state index contributed by atoms with van der Waals surface area (Å²) in [7, 11) is 1.68. The molecule has 10 nitrogen and oxygen atoms in total. The van der Waals surface area contributed by atoms with Crippen LogP contribution in [0.25, 0.3) is 17.1 Å². The van der Waals surface area contributed by atoms with E-state index in [1.54, 1.807) is 36.2 Å². The number of alkyl halides is 3. The van der Waals surface area contributed by atoms with Gasteiger partial charge in [-0.1, -0.05) is 35.3 Å². The van der Waals surface area contributed by atoms with E-state index in [1.165, 1.54) is 28.9 Å². The lowest BCUT2D eigenvalue weighted by Gasteiger charge is -2.17. The van der Waals surface area contributed by atoms with Crippen LogP contribution in [0.5, 0.6) is 0 Å². The molecule has 0 amide bonds. The van der Waals surface area contributed by atoms with Crippen LogP contribution in [0.2, 0.25) is 10.0 Å². The van der Waals surface area contributed by atoms with Crippen molar-refractivity contribution in [2.75, 3.05) is 25.1 Å². The fourth-order valence-electron chi connectivity index (χ4n) is 3.63. The SMILES string of the molecule is CN(CCO)c1nc(Cn2nc(-c3ccc(Cl)cc3)n(C[C@H](O)C(F)(F)F)c2=O)nn1-c1ccccc1Cl. The van der Waals surface area contributed by atoms with Crippen LogP contribution in [0.1, 0.15) is 5.82 Å². The number of halogens is 5. The van der Waals surface area contributed by atoms with Gasteiger partial charge in [-0.2, -0.15) is 22.8 Å². The zero-order valence-corrected chi connectivity index (χ0v) is 21.4. The molecule has 2 N–H and O–H groups in total. The molecule has 2 heterocycles. The molecule has 0 aliphatic rings. The molecule has 0 saturated heterocycles. The van der Waals surface area contributed by atoms with Crippen molar-refractivity contribution in [3.05, 3.63) is 74.9 Å². The fourth-order valence-corrected chi connectivity index (χ4v) is 3.97. The Kier molecular flexibility index (Phi) is 8.11. The summed E-state index contributed by atoms with van der Waals surface area (Å²) in [6.45, 7) is -1.32. The largest absolute Gasteiger partial charge is 0.416 e. The van der Waals surface area contributed by atoms with Crippen LogP contribution in [-0.2, 0) is 13.1 Å². The van der Waals surface area contributed by atoms with Crippen LogP contribution in [0.4, 0.5) is 19.1 Å². The zero-order chi connectivity index (χ0) is 27.6. The van der Waals surface area contributed by atoms with Gasteiger partial charge in [-0.3, -0.25) is 4.57 Å². The average Bonchev–Trinajstić information content (AvgIpc) is 3.41. The number of hydrogen-bond donors (Lipinski definition) is 2. The topological polar surface area (TPSA) is 114 Å². The second kappa shape index (κ2) is 11.2. The maximum atomic E-state index is 13.2. The molecule has 15 heteroatoms. The maximum Gasteiger partial charge on any atom is 0.416 e. The summed E-state index contributed by atoms with van der Waals surface area (Å²) in [5.74, 6) is 0.314. The number of para-hydroxylation sites is 1. The van der Waals surface area contributed by atoms with E-state index in [-0.39, 0.29) is 31.3 Å². The highest BCUT2D eigenvalue weighted by Gasteiger charge is 2.39. The molecule has 0 radical (unpaired) electrons. The standard InChI is InChI=1S/C23H22Cl2F3N7O3/c1-32(10-11-36)21-29-19(30-35(21)17-5-3-2-4-16(17)25)13-34-22(38)33(12-18(37)23(26,27)28)20(31-34)14-6-8-15(24)9-7-14/h2-9,18,36-37H,10-13H2,1H3/t18-/m0/s1. The van der Waals surface area contributed by atoms with Crippen molar-refractivity contribution in [3.8, 4) is 17.1 Å². The van der Waals surface area contributed by atoms with Crippen molar-refractivity contribution in [2.24, 2.45) is 0 Å². The molecule has 0 bridgehead atoms. The van der Waals surface area contributed by atoms with Crippen molar-refractivity contribution < 1.29 is 23.4 Å². The summed E-state index contributed by atoms with van der Waals surface area (Å²) >= 11 is 12.3. The molecule has 0 spiro atoms. The Balaban J connectivity index is 1.78. The lowest BCUT2D eigenvalue weighted by molar-refractivity contribution is -0.207. The van der Waals surface area contributed by atoms with E-state index in [0.29, 0.717) is 27.2 Å². The Morgan fingerprint density at radius 1 is 1.08 bits per heavy atom. The van der Waals surface area contributed by atoms with Gasteiger partial charge in [0.25, 0.3) is 0 Å². The van der Waals surface area contributed by atoms with Crippen molar-refractivity contribution in [1.29, 1.82) is 0 Å². The summed E-state index contributed by atoms with van der Waals surface area (Å²) in [5.41, 5.74) is -0.101. The van der Waals surface area contributed by atoms with E-state index < -0.39 is 24.5 Å². The number of nitrogens with zero attached hydrogens (tertiary/aromatic N) is 7. The highest BCUT2D eigenvalue weighted by molar-refractivity contribution is 6.32. The second-order valence-corrected chi connectivity index (χ2v) is 9.12. The van der Waals surface area contributed by atoms with Gasteiger partial charge in [0.05, 0.1) is 23.9 Å². The molecule has 202 valence electrons. The normalized spacial score (nSPS) is 12.6. The molecule has 0 fully saturated rings. The summed E-state index contributed by atoms with van der Waals surface area (Å²) < 4.78 is 42.4. The van der Waals surface area contributed by atoms with Crippen molar-refractivity contribution in [3.63, 3.8) is 0 Å². The van der Waals surface area contributed by atoms with Gasteiger partial charge in [0, 0.05) is 24.2 Å². The zero-order valence-electron chi connectivity index (χ0n) is 19.8. The highest BCUT2D eigenvalue weighted by Crippen LogP contribution is 2.26. The molecular formula is C23H22Cl2F3N7O3. The number of benzene rings is 2. The highest BCUT2D eigenvalue weighted by atomic mass is 35.5. The number of likely N-dealkylation sites (N-methyl/N-ethyl adjacent to an activating group) is 1. The van der Waals surface area contributed by atoms with E-state index in [1.807, 2.05) is 0 Å². The Hall–Kier alpha value is -3.39. The van der Waals surface area contributed by atoms with E-state index in [4.69, 9.17) is 23.2 Å². The lowest BCUT2D eigenvalue weighted by atomic mass is 10.2. The Labute approximate surface area is 224 Å². The molecule has 0 aliphatic heterocycles. The molecule has 2 aromatic carbocycles. The van der Waals surface area contributed by atoms with E-state index in [9.17, 15) is 28.2 Å². The summed E-state index contributed by atoms with van der Waals surface area (Å²) in [5, 5.41) is 28.5. The summed E-state index contributed by atoms with van der Waals surface area (Å²) in [6, 6.07) is 12.8. The third-order valence-electron chi connectivity index (χ3n) is 5.54. The smallest absolute Gasteiger partial charge is 0.395 e. The van der Waals surface area contributed by atoms with E-state index in [0.717, 1.165) is 9.25 Å². The number of aliphatic hydroxyl groups is 2. The number of rotatable bonds is 9. The number of hydrogen-bond acceptors (Lipinski definition) is 7. The first-order valence-corrected chi connectivity index (χ1v) is 12.0. The van der Waals surface area contributed by atoms with Gasteiger partial charge >= 0.3 is 11.9 Å². The molecule has 0 aliphatic carbocycles. The molecular weight excluding hydrogens is 550 g/mol. The van der Waals surface area contributed by atoms with Gasteiger partial charge in [0.1, 0.15) is 6.54 Å². The Morgan fingerprint density at radius 3 is 2.39 bits per heavy atom. The summed E-state index contributed by atoms with van der Waals surface area (Å²) in [6.07, 6.45) is -7.74. The number of aromatic nitrogens is 6. The fraction of sp³-hybridized carbons (Fsp3) is 0.304. The van der Waals surface area contributed by atoms with Crippen LogP contribution in [0.3, 0.4) is 0 Å². The minimum absolute atomic E-state index is 0.0990. The Morgan fingerprint density at radius 2 is 1.76 bits per heavy atom. The molecule has 4 rings (SSSR count). The average molecular weight is 572 g/mol. The van der Waals surface area contributed by atoms with Gasteiger partial charge in [-0.05, 0) is 36.4 Å². The predicted molar refractivity (Wildman–Crippen MR) is 135 cm³/mol. The van der Waals surface area contributed by atoms with E-state index in [2.05, 4.69) is 15.2 Å². The monoisotopic (exact) mass is 571 g/mol. The molecule has 38 heavy (non-hydrogen) atoms. The van der Waals surface area contributed by atoms with Gasteiger partial charge in [0.2, 0.25) is 5.95 Å². The van der Waals surface area contributed by atoms with Crippen molar-refractivity contribution >= 4 is 29.2 Å². The molecule has 0 saturated carbocycles. The minimum atomic E-state index is -4.94. The first kappa shape index (κ1) is 27.6. The van der Waals surface area contributed by atoms with Gasteiger partial charge in [-0.15, -0.1) is 10.2 Å².